The van der Waals surface area contributed by atoms with E-state index in [0.29, 0.717) is 23.6 Å². The van der Waals surface area contributed by atoms with Gasteiger partial charge in [0.05, 0.1) is 17.8 Å². The van der Waals surface area contributed by atoms with Crippen molar-refractivity contribution in [2.24, 2.45) is 10.9 Å². The highest BCUT2D eigenvalue weighted by molar-refractivity contribution is 6.19. The van der Waals surface area contributed by atoms with Crippen LogP contribution in [0.5, 0.6) is 5.75 Å². The summed E-state index contributed by atoms with van der Waals surface area (Å²) in [6.45, 7) is 2.73. The van der Waals surface area contributed by atoms with Gasteiger partial charge in [-0.25, -0.2) is 0 Å². The maximum atomic E-state index is 13.0. The summed E-state index contributed by atoms with van der Waals surface area (Å²) in [4.78, 5) is 17.6. The van der Waals surface area contributed by atoms with Crippen molar-refractivity contribution in [2.75, 3.05) is 0 Å². The predicted molar refractivity (Wildman–Crippen MR) is 121 cm³/mol. The largest absolute Gasteiger partial charge is 0.452 e. The van der Waals surface area contributed by atoms with E-state index in [9.17, 15) is 4.79 Å². The van der Waals surface area contributed by atoms with Crippen molar-refractivity contribution in [3.8, 4) is 5.75 Å². The van der Waals surface area contributed by atoms with Gasteiger partial charge >= 0.3 is 0 Å². The summed E-state index contributed by atoms with van der Waals surface area (Å²) in [7, 11) is 0. The van der Waals surface area contributed by atoms with Crippen molar-refractivity contribution in [3.05, 3.63) is 82.1 Å². The average molecular weight is 398 g/mol. The SMILES string of the molecule is Cc1ccc2c(c1/C=C/CC1CCCCC1)O/C(=C\C1=NCc3ccccc31)C2=O. The predicted octanol–water partition coefficient (Wildman–Crippen LogP) is 6.44. The summed E-state index contributed by atoms with van der Waals surface area (Å²) in [6.07, 6.45) is 14.1. The lowest BCUT2D eigenvalue weighted by molar-refractivity contribution is 0.101. The molecule has 0 unspecified atom stereocenters. The zero-order valence-electron chi connectivity index (χ0n) is 17.5. The molecule has 3 heteroatoms. The molecular formula is C27H27NO2. The third-order valence-electron chi connectivity index (χ3n) is 6.55. The fourth-order valence-corrected chi connectivity index (χ4v) is 4.79. The van der Waals surface area contributed by atoms with Crippen molar-refractivity contribution in [1.29, 1.82) is 0 Å². The molecule has 3 nitrogen and oxygen atoms in total. The molecule has 0 saturated heterocycles. The zero-order chi connectivity index (χ0) is 20.5. The lowest BCUT2D eigenvalue weighted by Gasteiger charge is -2.19. The Morgan fingerprint density at radius 1 is 1.07 bits per heavy atom. The highest BCUT2D eigenvalue weighted by atomic mass is 16.5. The van der Waals surface area contributed by atoms with E-state index in [1.165, 1.54) is 37.7 Å². The van der Waals surface area contributed by atoms with Gasteiger partial charge in [-0.05, 0) is 36.5 Å². The van der Waals surface area contributed by atoms with Gasteiger partial charge in [-0.1, -0.05) is 74.6 Å². The number of allylic oxidation sites excluding steroid dienone is 3. The van der Waals surface area contributed by atoms with Crippen molar-refractivity contribution < 1.29 is 9.53 Å². The number of carbonyl (C=O) groups is 1. The summed E-state index contributed by atoms with van der Waals surface area (Å²) in [5.74, 6) is 1.80. The molecule has 0 amide bonds. The van der Waals surface area contributed by atoms with E-state index in [2.05, 4.69) is 30.1 Å². The van der Waals surface area contributed by atoms with E-state index in [1.54, 1.807) is 6.08 Å². The second kappa shape index (κ2) is 8.06. The van der Waals surface area contributed by atoms with Crippen LogP contribution in [-0.4, -0.2) is 11.5 Å². The second-order valence-electron chi connectivity index (χ2n) is 8.61. The van der Waals surface area contributed by atoms with Crippen LogP contribution in [0.15, 0.2) is 59.3 Å². The first-order chi connectivity index (χ1) is 14.7. The smallest absolute Gasteiger partial charge is 0.232 e. The van der Waals surface area contributed by atoms with Gasteiger partial charge < -0.3 is 4.74 Å². The van der Waals surface area contributed by atoms with E-state index >= 15 is 0 Å². The number of carbonyl (C=O) groups excluding carboxylic acids is 1. The van der Waals surface area contributed by atoms with Crippen LogP contribution < -0.4 is 4.74 Å². The summed E-state index contributed by atoms with van der Waals surface area (Å²) in [5.41, 5.74) is 5.90. The Balaban J connectivity index is 1.40. The second-order valence-corrected chi connectivity index (χ2v) is 8.61. The van der Waals surface area contributed by atoms with Gasteiger partial charge in [-0.2, -0.15) is 0 Å². The maximum absolute atomic E-state index is 13.0. The number of ketones is 1. The molecule has 3 aliphatic rings. The standard InChI is InChI=1S/C27H27NO2/c1-18-14-15-23-26(29)25(16-24-22-12-6-5-11-20(22)17-28-24)30-27(23)21(18)13-7-10-19-8-3-2-4-9-19/h5-7,11-16,19H,2-4,8-10,17H2,1H3/b13-7+,25-16-. The summed E-state index contributed by atoms with van der Waals surface area (Å²) in [6, 6.07) is 12.1. The van der Waals surface area contributed by atoms with Gasteiger partial charge in [0.25, 0.3) is 0 Å². The summed E-state index contributed by atoms with van der Waals surface area (Å²) in [5, 5.41) is 0. The number of fused-ring (bicyclic) bond motifs is 2. The number of hydrogen-bond acceptors (Lipinski definition) is 3. The van der Waals surface area contributed by atoms with Gasteiger partial charge in [0.2, 0.25) is 5.78 Å². The van der Waals surface area contributed by atoms with Crippen molar-refractivity contribution in [2.45, 2.75) is 52.0 Å². The van der Waals surface area contributed by atoms with Gasteiger partial charge in [0.15, 0.2) is 5.76 Å². The van der Waals surface area contributed by atoms with E-state index in [1.807, 2.05) is 30.3 Å². The number of Topliss-reactive ketones (excluding diaryl/α,β-unsaturated/α-hetero) is 1. The van der Waals surface area contributed by atoms with Crippen LogP contribution in [0, 0.1) is 12.8 Å². The molecule has 2 aliphatic heterocycles. The number of hydrogen-bond donors (Lipinski definition) is 0. The minimum Gasteiger partial charge on any atom is -0.452 e. The number of ether oxygens (including phenoxy) is 1. The Morgan fingerprint density at radius 2 is 1.90 bits per heavy atom. The topological polar surface area (TPSA) is 38.7 Å². The fraction of sp³-hybridized carbons (Fsp3) is 0.333. The van der Waals surface area contributed by atoms with Crippen LogP contribution in [0.1, 0.15) is 71.1 Å². The molecule has 30 heavy (non-hydrogen) atoms. The molecule has 2 aromatic rings. The van der Waals surface area contributed by atoms with Crippen LogP contribution in [0.4, 0.5) is 0 Å². The zero-order valence-corrected chi connectivity index (χ0v) is 17.5. The highest BCUT2D eigenvalue weighted by Crippen LogP contribution is 2.38. The number of nitrogens with zero attached hydrogens (tertiary/aromatic N) is 1. The molecule has 0 aromatic heterocycles. The number of aliphatic imine (C=N–C) groups is 1. The van der Waals surface area contributed by atoms with Gasteiger partial charge in [-0.3, -0.25) is 9.79 Å². The van der Waals surface area contributed by atoms with Crippen molar-refractivity contribution >= 4 is 17.6 Å². The summed E-state index contributed by atoms with van der Waals surface area (Å²) >= 11 is 0. The maximum Gasteiger partial charge on any atom is 0.232 e. The van der Waals surface area contributed by atoms with Crippen molar-refractivity contribution in [3.63, 3.8) is 0 Å². The van der Waals surface area contributed by atoms with Crippen LogP contribution in [-0.2, 0) is 6.54 Å². The van der Waals surface area contributed by atoms with E-state index in [0.717, 1.165) is 34.7 Å². The molecule has 152 valence electrons. The molecule has 2 heterocycles. The Hall–Kier alpha value is -2.94. The average Bonchev–Trinajstić information content (AvgIpc) is 3.32. The Kier molecular flexibility index (Phi) is 5.12. The van der Waals surface area contributed by atoms with Gasteiger partial charge in [0.1, 0.15) is 5.75 Å². The molecule has 0 radical (unpaired) electrons. The van der Waals surface area contributed by atoms with E-state index in [-0.39, 0.29) is 5.78 Å². The van der Waals surface area contributed by atoms with E-state index < -0.39 is 0 Å². The molecule has 1 aliphatic carbocycles. The summed E-state index contributed by atoms with van der Waals surface area (Å²) < 4.78 is 6.13. The highest BCUT2D eigenvalue weighted by Gasteiger charge is 2.30. The van der Waals surface area contributed by atoms with Gasteiger partial charge in [-0.15, -0.1) is 0 Å². The van der Waals surface area contributed by atoms with Crippen LogP contribution in [0.3, 0.4) is 0 Å². The first-order valence-electron chi connectivity index (χ1n) is 11.1. The third kappa shape index (κ3) is 3.54. The van der Waals surface area contributed by atoms with Crippen LogP contribution >= 0.6 is 0 Å². The Bertz CT molecular complexity index is 1080. The molecule has 2 aromatic carbocycles. The Labute approximate surface area is 178 Å². The van der Waals surface area contributed by atoms with Crippen LogP contribution in [0.25, 0.3) is 6.08 Å². The Morgan fingerprint density at radius 3 is 2.77 bits per heavy atom. The minimum atomic E-state index is -0.0565. The molecule has 1 saturated carbocycles. The third-order valence-corrected chi connectivity index (χ3v) is 6.55. The van der Waals surface area contributed by atoms with Crippen LogP contribution in [0.2, 0.25) is 0 Å². The quantitative estimate of drug-likeness (QED) is 0.557. The van der Waals surface area contributed by atoms with Crippen molar-refractivity contribution in [1.82, 2.24) is 0 Å². The molecule has 1 fully saturated rings. The first-order valence-corrected chi connectivity index (χ1v) is 11.1. The first kappa shape index (κ1) is 19.0. The van der Waals surface area contributed by atoms with Gasteiger partial charge in [0, 0.05) is 17.2 Å². The minimum absolute atomic E-state index is 0.0565. The number of aryl methyl sites for hydroxylation is 1. The molecule has 0 atom stereocenters. The molecule has 0 N–H and O–H groups in total. The molecule has 5 rings (SSSR count). The normalized spacial score (nSPS) is 19.8. The molecular weight excluding hydrogens is 370 g/mol. The molecule has 0 bridgehead atoms. The lowest BCUT2D eigenvalue weighted by Crippen LogP contribution is -2.04. The number of benzene rings is 2. The fourth-order valence-electron chi connectivity index (χ4n) is 4.79. The monoisotopic (exact) mass is 397 g/mol. The molecule has 0 spiro atoms. The van der Waals surface area contributed by atoms with E-state index in [4.69, 9.17) is 4.74 Å². The lowest BCUT2D eigenvalue weighted by atomic mass is 9.87. The number of rotatable bonds is 4.